The predicted molar refractivity (Wildman–Crippen MR) is 237 cm³/mol. The summed E-state index contributed by atoms with van der Waals surface area (Å²) < 4.78 is 67.7. The van der Waals surface area contributed by atoms with Gasteiger partial charge in [0.2, 0.25) is 11.8 Å². The number of carbonyl (C=O) groups is 2. The Morgan fingerprint density at radius 3 is 1.49 bits per heavy atom. The first-order valence-electron chi connectivity index (χ1n) is 19.6. The third-order valence-electron chi connectivity index (χ3n) is 11.3. The summed E-state index contributed by atoms with van der Waals surface area (Å²) in [7, 11) is -8.48. The number of carbonyl (C=O) groups excluding carboxylic acids is 2. The van der Waals surface area contributed by atoms with Gasteiger partial charge >= 0.3 is 7.12 Å². The van der Waals surface area contributed by atoms with Gasteiger partial charge in [-0.2, -0.15) is 0 Å². The van der Waals surface area contributed by atoms with E-state index in [1.807, 2.05) is 41.5 Å². The Hall–Kier alpha value is -5.07. The van der Waals surface area contributed by atoms with E-state index in [0.29, 0.717) is 21.3 Å². The molecule has 1 aliphatic heterocycles. The van der Waals surface area contributed by atoms with Gasteiger partial charge in [0.05, 0.1) is 26.0 Å². The lowest BCUT2D eigenvalue weighted by Gasteiger charge is -2.32. The van der Waals surface area contributed by atoms with E-state index in [1.54, 1.807) is 66.7 Å². The van der Waals surface area contributed by atoms with E-state index < -0.39 is 38.4 Å². The lowest BCUT2D eigenvalue weighted by molar-refractivity contribution is -0.118. The molecule has 14 nitrogen and oxygen atoms in total. The Morgan fingerprint density at radius 2 is 1.07 bits per heavy atom. The molecule has 2 saturated carbocycles. The molecule has 61 heavy (non-hydrogen) atoms. The molecule has 0 spiro atoms. The van der Waals surface area contributed by atoms with Crippen molar-refractivity contribution in [3.63, 3.8) is 0 Å². The van der Waals surface area contributed by atoms with Crippen LogP contribution in [0.4, 0.5) is 11.6 Å². The highest BCUT2D eigenvalue weighted by Crippen LogP contribution is 2.38. The predicted octanol–water partition coefficient (Wildman–Crippen LogP) is 7.45. The third kappa shape index (κ3) is 8.58. The van der Waals surface area contributed by atoms with E-state index in [1.165, 1.54) is 18.5 Å². The number of hydrogen-bond acceptors (Lipinski definition) is 10. The molecule has 0 unspecified atom stereocenters. The summed E-state index contributed by atoms with van der Waals surface area (Å²) in [5, 5.41) is 6.98. The van der Waals surface area contributed by atoms with Gasteiger partial charge in [0, 0.05) is 41.1 Å². The van der Waals surface area contributed by atoms with E-state index in [4.69, 9.17) is 20.9 Å². The summed E-state index contributed by atoms with van der Waals surface area (Å²) in [5.74, 6) is 0.264. The van der Waals surface area contributed by atoms with Crippen molar-refractivity contribution in [1.82, 2.24) is 17.9 Å². The van der Waals surface area contributed by atoms with E-state index in [9.17, 15) is 26.4 Å². The van der Waals surface area contributed by atoms with Crippen LogP contribution in [0.1, 0.15) is 71.9 Å². The summed E-state index contributed by atoms with van der Waals surface area (Å²) in [4.78, 5) is 33.6. The van der Waals surface area contributed by atoms with Gasteiger partial charge in [0.25, 0.3) is 20.0 Å². The number of anilines is 2. The third-order valence-corrected chi connectivity index (χ3v) is 15.0. The van der Waals surface area contributed by atoms with Gasteiger partial charge in [-0.05, 0) is 115 Å². The molecule has 18 heteroatoms. The minimum atomic E-state index is -3.91. The topological polar surface area (TPSA) is 181 Å². The van der Waals surface area contributed by atoms with Gasteiger partial charge < -0.3 is 19.9 Å². The molecule has 4 aromatic heterocycles. The Labute approximate surface area is 361 Å². The van der Waals surface area contributed by atoms with Gasteiger partial charge in [0.15, 0.2) is 11.3 Å². The van der Waals surface area contributed by atoms with Crippen LogP contribution >= 0.6 is 11.6 Å². The average molecular weight is 887 g/mol. The maximum Gasteiger partial charge on any atom is 0.495 e. The highest BCUT2D eigenvalue weighted by Gasteiger charge is 2.52. The van der Waals surface area contributed by atoms with Crippen molar-refractivity contribution < 1.29 is 35.7 Å². The van der Waals surface area contributed by atoms with Crippen LogP contribution in [0.5, 0.6) is 0 Å². The fraction of sp³-hybridized carbons (Fsp3) is 0.349. The lowest BCUT2D eigenvalue weighted by Crippen LogP contribution is -2.41. The zero-order valence-electron chi connectivity index (χ0n) is 33.9. The van der Waals surface area contributed by atoms with Crippen LogP contribution in [0.3, 0.4) is 0 Å². The van der Waals surface area contributed by atoms with Crippen LogP contribution in [0.2, 0.25) is 5.02 Å². The van der Waals surface area contributed by atoms with Crippen molar-refractivity contribution in [2.45, 2.75) is 95.6 Å². The van der Waals surface area contributed by atoms with Gasteiger partial charge in [-0.3, -0.25) is 9.59 Å². The first kappa shape index (κ1) is 44.0. The summed E-state index contributed by atoms with van der Waals surface area (Å²) in [6.07, 6.45) is 6.31. The zero-order chi connectivity index (χ0) is 42.9. The minimum Gasteiger partial charge on any atom is -0.399 e. The summed E-state index contributed by atoms with van der Waals surface area (Å²) in [6.45, 7) is 11.6. The Balaban J connectivity index is 0.000000187. The Morgan fingerprint density at radius 1 is 0.672 bits per heavy atom. The molecule has 6 aromatic rings. The van der Waals surface area contributed by atoms with Gasteiger partial charge in [0.1, 0.15) is 11.6 Å². The summed E-state index contributed by atoms with van der Waals surface area (Å²) >= 11 is 6.27. The SMILES string of the molecule is C.Cc1ccc(S(=O)(=O)n2ccc3c(B4OC(C)(C)C(C)(C)O4)cc(NC(=O)C4CC4)nc32)cc1.Cc1ccc(S(=O)(=O)n2ccc3c(Cl)cc(NC(=O)C4CC4)nc32)cc1. The van der Waals surface area contributed by atoms with Crippen molar-refractivity contribution in [3.8, 4) is 0 Å². The number of rotatable bonds is 9. The van der Waals surface area contributed by atoms with E-state index in [2.05, 4.69) is 20.6 Å². The molecule has 2 N–H and O–H groups in total. The number of halogens is 1. The number of nitrogens with one attached hydrogen (secondary N) is 2. The van der Waals surface area contributed by atoms with Crippen molar-refractivity contribution in [1.29, 1.82) is 0 Å². The smallest absolute Gasteiger partial charge is 0.399 e. The van der Waals surface area contributed by atoms with Crippen LogP contribution < -0.4 is 16.1 Å². The highest BCUT2D eigenvalue weighted by molar-refractivity contribution is 7.90. The normalized spacial score (nSPS) is 17.1. The second-order valence-corrected chi connectivity index (χ2v) is 20.6. The second kappa shape index (κ2) is 16.0. The minimum absolute atomic E-state index is 0. The quantitative estimate of drug-likeness (QED) is 0.139. The molecular weight excluding hydrogens is 839 g/mol. The fourth-order valence-electron chi connectivity index (χ4n) is 6.63. The van der Waals surface area contributed by atoms with Crippen molar-refractivity contribution >= 4 is 89.7 Å². The van der Waals surface area contributed by atoms with Crippen LogP contribution in [-0.2, 0) is 38.9 Å². The second-order valence-electron chi connectivity index (χ2n) is 16.5. The zero-order valence-corrected chi connectivity index (χ0v) is 36.3. The van der Waals surface area contributed by atoms with Crippen LogP contribution in [0.15, 0.2) is 95.0 Å². The number of aryl methyl sites for hydroxylation is 2. The molecule has 3 aliphatic rings. The summed E-state index contributed by atoms with van der Waals surface area (Å²) in [6, 6.07) is 19.8. The highest BCUT2D eigenvalue weighted by atomic mass is 35.5. The molecule has 0 atom stereocenters. The number of fused-ring (bicyclic) bond motifs is 2. The molecular formula is C43H48BClN6O8S2. The maximum absolute atomic E-state index is 13.5. The van der Waals surface area contributed by atoms with Gasteiger partial charge in [-0.25, -0.2) is 34.7 Å². The van der Waals surface area contributed by atoms with Crippen LogP contribution in [0, 0.1) is 25.7 Å². The number of benzene rings is 2. The molecule has 3 fully saturated rings. The molecule has 5 heterocycles. The van der Waals surface area contributed by atoms with Gasteiger partial charge in [-0.1, -0.05) is 54.4 Å². The van der Waals surface area contributed by atoms with E-state index >= 15 is 0 Å². The molecule has 0 bridgehead atoms. The molecule has 2 aliphatic carbocycles. The lowest BCUT2D eigenvalue weighted by atomic mass is 9.77. The average Bonchev–Trinajstić information content (AvgIpc) is 4.11. The molecule has 1 saturated heterocycles. The van der Waals surface area contributed by atoms with Crippen molar-refractivity contribution in [2.75, 3.05) is 10.6 Å². The number of amides is 2. The Kier molecular flexibility index (Phi) is 11.5. The van der Waals surface area contributed by atoms with Crippen LogP contribution in [-0.4, -0.2) is 64.9 Å². The molecule has 2 aromatic carbocycles. The van der Waals surface area contributed by atoms with Gasteiger partial charge in [-0.15, -0.1) is 0 Å². The monoisotopic (exact) mass is 886 g/mol. The van der Waals surface area contributed by atoms with E-state index in [-0.39, 0.29) is 63.8 Å². The number of hydrogen-bond donors (Lipinski definition) is 2. The largest absolute Gasteiger partial charge is 0.495 e. The number of pyridine rings is 2. The summed E-state index contributed by atoms with van der Waals surface area (Å²) in [5.41, 5.74) is 1.77. The standard InChI is InChI=1S/C24H28BN3O5S.C18H16ClN3O3S.CH4/c1-15-6-10-17(11-7-15)34(30,31)28-13-12-18-19(25-32-23(2,3)24(4,5)33-25)14-20(26-21(18)28)27-22(29)16-8-9-16;1-11-2-6-13(7-3-11)26(24,25)22-9-8-14-15(19)10-16(20-17(14)22)21-18(23)12-4-5-12;/h6-7,10-14,16H,8-9H2,1-5H3,(H,26,27,29);2-3,6-10,12H,4-5H2,1H3,(H,20,21,23);1H4. The molecule has 2 amide bonds. The van der Waals surface area contributed by atoms with Crippen LogP contribution in [0.25, 0.3) is 22.1 Å². The first-order chi connectivity index (χ1) is 28.2. The molecule has 9 rings (SSSR count). The van der Waals surface area contributed by atoms with Crippen molar-refractivity contribution in [3.05, 3.63) is 101 Å². The van der Waals surface area contributed by atoms with Crippen molar-refractivity contribution in [2.24, 2.45) is 11.8 Å². The first-order valence-corrected chi connectivity index (χ1v) is 22.8. The number of aromatic nitrogens is 4. The maximum atomic E-state index is 13.5. The molecule has 320 valence electrons. The number of nitrogens with zero attached hydrogens (tertiary/aromatic N) is 4. The van der Waals surface area contributed by atoms with E-state index in [0.717, 1.165) is 44.8 Å². The fourth-order valence-corrected chi connectivity index (χ4v) is 9.48. The Bertz CT molecular complexity index is 2890. The molecule has 0 radical (unpaired) electrons.